The first-order valence-electron chi connectivity index (χ1n) is 6.24. The first-order chi connectivity index (χ1) is 7.45. The highest BCUT2D eigenvalue weighted by molar-refractivity contribution is 5.29. The van der Waals surface area contributed by atoms with E-state index in [1.165, 1.54) is 24.8 Å². The van der Waals surface area contributed by atoms with Crippen LogP contribution in [0.5, 0.6) is 5.75 Å². The molecule has 1 heteroatoms. The molecule has 0 amide bonds. The molecule has 0 unspecified atom stereocenters. The third-order valence-electron chi connectivity index (χ3n) is 3.19. The molecule has 1 atom stereocenters. The molecule has 0 spiro atoms. The third-order valence-corrected chi connectivity index (χ3v) is 3.19. The summed E-state index contributed by atoms with van der Waals surface area (Å²) >= 11 is 0. The topological polar surface area (TPSA) is 20.2 Å². The van der Waals surface area contributed by atoms with E-state index in [0.717, 1.165) is 0 Å². The molecule has 1 nitrogen and oxygen atoms in total. The molecule has 0 heterocycles. The quantitative estimate of drug-likeness (QED) is 0.779. The summed E-state index contributed by atoms with van der Waals surface area (Å²) in [5.74, 6) is 0.931. The van der Waals surface area contributed by atoms with Crippen molar-refractivity contribution in [3.8, 4) is 5.75 Å². The van der Waals surface area contributed by atoms with E-state index in [4.69, 9.17) is 0 Å². The second-order valence-corrected chi connectivity index (χ2v) is 5.65. The van der Waals surface area contributed by atoms with E-state index in [-0.39, 0.29) is 5.41 Å². The maximum absolute atomic E-state index is 9.32. The van der Waals surface area contributed by atoms with Crippen LogP contribution in [0.15, 0.2) is 24.3 Å². The van der Waals surface area contributed by atoms with Gasteiger partial charge < -0.3 is 5.11 Å². The van der Waals surface area contributed by atoms with Crippen molar-refractivity contribution < 1.29 is 5.11 Å². The van der Waals surface area contributed by atoms with Gasteiger partial charge in [-0.25, -0.2) is 0 Å². The van der Waals surface area contributed by atoms with Crippen LogP contribution in [-0.2, 0) is 0 Å². The number of rotatable bonds is 4. The largest absolute Gasteiger partial charge is 0.508 e. The van der Waals surface area contributed by atoms with Crippen LogP contribution in [0.2, 0.25) is 0 Å². The van der Waals surface area contributed by atoms with Gasteiger partial charge in [0, 0.05) is 0 Å². The summed E-state index contributed by atoms with van der Waals surface area (Å²) in [6, 6.07) is 7.70. The van der Waals surface area contributed by atoms with Gasteiger partial charge in [-0.05, 0) is 35.4 Å². The molecule has 1 aromatic carbocycles. The number of unbranched alkanes of at least 4 members (excludes halogenated alkanes) is 1. The van der Waals surface area contributed by atoms with Gasteiger partial charge in [-0.2, -0.15) is 0 Å². The minimum Gasteiger partial charge on any atom is -0.508 e. The summed E-state index contributed by atoms with van der Waals surface area (Å²) in [7, 11) is 0. The Hall–Kier alpha value is -0.980. The van der Waals surface area contributed by atoms with Crippen molar-refractivity contribution in [2.45, 2.75) is 52.9 Å². The van der Waals surface area contributed by atoms with Crippen molar-refractivity contribution in [2.24, 2.45) is 5.41 Å². The smallest absolute Gasteiger partial charge is 0.115 e. The predicted octanol–water partition coefficient (Wildman–Crippen LogP) is 4.71. The Morgan fingerprint density at radius 1 is 1.12 bits per heavy atom. The van der Waals surface area contributed by atoms with Gasteiger partial charge in [0.15, 0.2) is 0 Å². The van der Waals surface area contributed by atoms with Crippen LogP contribution in [0.4, 0.5) is 0 Å². The Bertz CT molecular complexity index is 305. The molecule has 0 aliphatic rings. The highest BCUT2D eigenvalue weighted by Crippen LogP contribution is 2.39. The number of hydrogen-bond acceptors (Lipinski definition) is 1. The minimum absolute atomic E-state index is 0.284. The van der Waals surface area contributed by atoms with Crippen molar-refractivity contribution in [3.05, 3.63) is 29.8 Å². The van der Waals surface area contributed by atoms with Crippen LogP contribution in [0.3, 0.4) is 0 Å². The standard InChI is InChI=1S/C15H24O/c1-5-6-7-14(15(2,3)4)12-8-10-13(16)11-9-12/h8-11,14,16H,5-7H2,1-4H3/t14-/m0/s1. The van der Waals surface area contributed by atoms with E-state index in [0.29, 0.717) is 11.7 Å². The Balaban J connectivity index is 2.88. The van der Waals surface area contributed by atoms with Crippen LogP contribution in [0.25, 0.3) is 0 Å². The van der Waals surface area contributed by atoms with Crippen molar-refractivity contribution in [3.63, 3.8) is 0 Å². The maximum atomic E-state index is 9.32. The molecule has 16 heavy (non-hydrogen) atoms. The van der Waals surface area contributed by atoms with Crippen molar-refractivity contribution >= 4 is 0 Å². The minimum atomic E-state index is 0.284. The second kappa shape index (κ2) is 5.38. The van der Waals surface area contributed by atoms with Crippen LogP contribution >= 0.6 is 0 Å². The van der Waals surface area contributed by atoms with Gasteiger partial charge in [-0.1, -0.05) is 52.7 Å². The summed E-state index contributed by atoms with van der Waals surface area (Å²) in [5, 5.41) is 9.32. The molecule has 0 saturated heterocycles. The number of hydrogen-bond donors (Lipinski definition) is 1. The molecule has 0 saturated carbocycles. The fourth-order valence-corrected chi connectivity index (χ4v) is 2.21. The van der Waals surface area contributed by atoms with Gasteiger partial charge in [-0.3, -0.25) is 0 Å². The Labute approximate surface area is 99.5 Å². The lowest BCUT2D eigenvalue weighted by Gasteiger charge is -2.31. The molecule has 0 radical (unpaired) electrons. The maximum Gasteiger partial charge on any atom is 0.115 e. The first-order valence-corrected chi connectivity index (χ1v) is 6.24. The molecular formula is C15H24O. The number of benzene rings is 1. The average Bonchev–Trinajstić information content (AvgIpc) is 2.19. The van der Waals surface area contributed by atoms with Crippen LogP contribution in [0, 0.1) is 5.41 Å². The lowest BCUT2D eigenvalue weighted by atomic mass is 9.74. The van der Waals surface area contributed by atoms with Crippen LogP contribution < -0.4 is 0 Å². The van der Waals surface area contributed by atoms with Crippen molar-refractivity contribution in [1.82, 2.24) is 0 Å². The Morgan fingerprint density at radius 3 is 2.12 bits per heavy atom. The van der Waals surface area contributed by atoms with Crippen molar-refractivity contribution in [2.75, 3.05) is 0 Å². The van der Waals surface area contributed by atoms with Gasteiger partial charge >= 0.3 is 0 Å². The fraction of sp³-hybridized carbons (Fsp3) is 0.600. The van der Waals surface area contributed by atoms with E-state index in [2.05, 4.69) is 39.8 Å². The van der Waals surface area contributed by atoms with Crippen LogP contribution in [-0.4, -0.2) is 5.11 Å². The summed E-state index contributed by atoms with van der Waals surface area (Å²) in [4.78, 5) is 0. The summed E-state index contributed by atoms with van der Waals surface area (Å²) < 4.78 is 0. The average molecular weight is 220 g/mol. The summed E-state index contributed by atoms with van der Waals surface area (Å²) in [5.41, 5.74) is 1.63. The molecular weight excluding hydrogens is 196 g/mol. The highest BCUT2D eigenvalue weighted by atomic mass is 16.3. The fourth-order valence-electron chi connectivity index (χ4n) is 2.21. The molecule has 1 rings (SSSR count). The Morgan fingerprint density at radius 2 is 1.69 bits per heavy atom. The zero-order valence-electron chi connectivity index (χ0n) is 11.0. The predicted molar refractivity (Wildman–Crippen MR) is 69.8 cm³/mol. The van der Waals surface area contributed by atoms with E-state index >= 15 is 0 Å². The summed E-state index contributed by atoms with van der Waals surface area (Å²) in [6.45, 7) is 9.11. The van der Waals surface area contributed by atoms with Gasteiger partial charge in [0.1, 0.15) is 5.75 Å². The van der Waals surface area contributed by atoms with Crippen LogP contribution in [0.1, 0.15) is 58.4 Å². The van der Waals surface area contributed by atoms with Gasteiger partial charge in [0.25, 0.3) is 0 Å². The highest BCUT2D eigenvalue weighted by Gasteiger charge is 2.25. The van der Waals surface area contributed by atoms with Gasteiger partial charge in [0.2, 0.25) is 0 Å². The Kier molecular flexibility index (Phi) is 4.40. The number of aromatic hydroxyl groups is 1. The summed E-state index contributed by atoms with van der Waals surface area (Å²) in [6.07, 6.45) is 3.73. The van der Waals surface area contributed by atoms with E-state index in [9.17, 15) is 5.11 Å². The van der Waals surface area contributed by atoms with E-state index in [1.807, 2.05) is 0 Å². The molecule has 1 N–H and O–H groups in total. The zero-order chi connectivity index (χ0) is 12.2. The monoisotopic (exact) mass is 220 g/mol. The molecule has 0 bridgehead atoms. The first kappa shape index (κ1) is 13.1. The zero-order valence-corrected chi connectivity index (χ0v) is 11.0. The lowest BCUT2D eigenvalue weighted by Crippen LogP contribution is -2.18. The lowest BCUT2D eigenvalue weighted by molar-refractivity contribution is 0.299. The molecule has 0 aliphatic heterocycles. The van der Waals surface area contributed by atoms with Gasteiger partial charge in [-0.15, -0.1) is 0 Å². The van der Waals surface area contributed by atoms with E-state index in [1.54, 1.807) is 12.1 Å². The number of phenols is 1. The molecule has 0 aliphatic carbocycles. The normalized spacial score (nSPS) is 13.8. The van der Waals surface area contributed by atoms with E-state index < -0.39 is 0 Å². The third kappa shape index (κ3) is 3.55. The molecule has 0 aromatic heterocycles. The van der Waals surface area contributed by atoms with Gasteiger partial charge in [0.05, 0.1) is 0 Å². The second-order valence-electron chi connectivity index (χ2n) is 5.65. The molecule has 1 aromatic rings. The molecule has 0 fully saturated rings. The SMILES string of the molecule is CCCC[C@@H](c1ccc(O)cc1)C(C)(C)C. The number of phenolic OH excluding ortho intramolecular Hbond substituents is 1. The van der Waals surface area contributed by atoms with Crippen molar-refractivity contribution in [1.29, 1.82) is 0 Å². The molecule has 90 valence electrons.